The number of hydrogen-bond acceptors (Lipinski definition) is 2. The van der Waals surface area contributed by atoms with E-state index in [0.29, 0.717) is 12.5 Å². The smallest absolute Gasteiger partial charge is 0.0247 e. The average Bonchev–Trinajstić information content (AvgIpc) is 3.18. The van der Waals surface area contributed by atoms with Crippen molar-refractivity contribution in [3.8, 4) is 11.1 Å². The fourth-order valence-corrected chi connectivity index (χ4v) is 5.36. The summed E-state index contributed by atoms with van der Waals surface area (Å²) >= 11 is 0. The number of hydrogen-bond donors (Lipinski definition) is 1. The van der Waals surface area contributed by atoms with Crippen molar-refractivity contribution >= 4 is 21.5 Å². The van der Waals surface area contributed by atoms with E-state index in [0.717, 1.165) is 19.6 Å². The summed E-state index contributed by atoms with van der Waals surface area (Å²) in [4.78, 5) is 2.58. The average molecular weight is 403 g/mol. The molecule has 0 fully saturated rings. The molecular formula is C29H26N2. The second-order valence-electron chi connectivity index (χ2n) is 8.76. The molecule has 6 rings (SSSR count). The Kier molecular flexibility index (Phi) is 4.48. The van der Waals surface area contributed by atoms with E-state index in [1.165, 1.54) is 49.4 Å². The van der Waals surface area contributed by atoms with Crippen LogP contribution in [0, 0.1) is 5.92 Å². The minimum absolute atomic E-state index is 0.371. The van der Waals surface area contributed by atoms with E-state index >= 15 is 0 Å². The Morgan fingerprint density at radius 2 is 1.32 bits per heavy atom. The Morgan fingerprint density at radius 1 is 0.742 bits per heavy atom. The van der Waals surface area contributed by atoms with Gasteiger partial charge in [0.1, 0.15) is 0 Å². The summed E-state index contributed by atoms with van der Waals surface area (Å²) in [6, 6.07) is 26.8. The van der Waals surface area contributed by atoms with Gasteiger partial charge >= 0.3 is 0 Å². The predicted octanol–water partition coefficient (Wildman–Crippen LogP) is 6.05. The molecular weight excluding hydrogens is 376 g/mol. The molecule has 0 amide bonds. The van der Waals surface area contributed by atoms with E-state index in [-0.39, 0.29) is 0 Å². The van der Waals surface area contributed by atoms with Crippen LogP contribution in [0.15, 0.2) is 96.6 Å². The van der Waals surface area contributed by atoms with Crippen molar-refractivity contribution in [2.24, 2.45) is 11.7 Å². The van der Waals surface area contributed by atoms with Gasteiger partial charge in [0.15, 0.2) is 0 Å². The van der Waals surface area contributed by atoms with Crippen molar-refractivity contribution in [1.29, 1.82) is 0 Å². The van der Waals surface area contributed by atoms with E-state index in [2.05, 4.69) is 95.9 Å². The molecule has 2 heteroatoms. The van der Waals surface area contributed by atoms with Crippen LogP contribution in [0.1, 0.15) is 11.1 Å². The molecule has 0 saturated carbocycles. The van der Waals surface area contributed by atoms with E-state index in [1.807, 2.05) is 0 Å². The van der Waals surface area contributed by atoms with Gasteiger partial charge in [0.25, 0.3) is 0 Å². The quantitative estimate of drug-likeness (QED) is 0.452. The Bertz CT molecular complexity index is 1270. The first-order valence-corrected chi connectivity index (χ1v) is 11.1. The molecule has 4 aromatic rings. The first-order valence-electron chi connectivity index (χ1n) is 11.1. The van der Waals surface area contributed by atoms with Crippen molar-refractivity contribution < 1.29 is 0 Å². The normalized spacial score (nSPS) is 18.1. The van der Waals surface area contributed by atoms with Crippen LogP contribution in [0.25, 0.3) is 32.7 Å². The van der Waals surface area contributed by atoms with Gasteiger partial charge < -0.3 is 5.73 Å². The minimum Gasteiger partial charge on any atom is -0.330 e. The monoisotopic (exact) mass is 402 g/mol. The van der Waals surface area contributed by atoms with Gasteiger partial charge in [-0.3, -0.25) is 4.90 Å². The van der Waals surface area contributed by atoms with Gasteiger partial charge in [-0.1, -0.05) is 91.0 Å². The fraction of sp³-hybridized carbons (Fsp3) is 0.172. The molecule has 2 N–H and O–H groups in total. The molecule has 0 radical (unpaired) electrons. The number of benzene rings is 4. The van der Waals surface area contributed by atoms with Crippen LogP contribution in [0.2, 0.25) is 0 Å². The SMILES string of the molecule is NCC1C=CC=C1CN1Cc2ccc3ccccc3c2-c2c(ccc3ccccc23)C1. The highest BCUT2D eigenvalue weighted by Crippen LogP contribution is 2.42. The molecule has 1 unspecified atom stereocenters. The fourth-order valence-electron chi connectivity index (χ4n) is 5.36. The summed E-state index contributed by atoms with van der Waals surface area (Å²) in [5.74, 6) is 0.371. The molecule has 2 nitrogen and oxygen atoms in total. The summed E-state index contributed by atoms with van der Waals surface area (Å²) in [6.07, 6.45) is 6.65. The van der Waals surface area contributed by atoms with E-state index < -0.39 is 0 Å². The zero-order chi connectivity index (χ0) is 20.8. The highest BCUT2D eigenvalue weighted by Gasteiger charge is 2.25. The summed E-state index contributed by atoms with van der Waals surface area (Å²) < 4.78 is 0. The molecule has 0 saturated heterocycles. The van der Waals surface area contributed by atoms with Crippen LogP contribution in [-0.2, 0) is 13.1 Å². The van der Waals surface area contributed by atoms with Gasteiger partial charge in [0.2, 0.25) is 0 Å². The molecule has 152 valence electrons. The maximum Gasteiger partial charge on any atom is 0.0247 e. The summed E-state index contributed by atoms with van der Waals surface area (Å²) in [7, 11) is 0. The van der Waals surface area contributed by atoms with Crippen LogP contribution in [0.5, 0.6) is 0 Å². The minimum atomic E-state index is 0.371. The third-order valence-electron chi connectivity index (χ3n) is 6.86. The largest absolute Gasteiger partial charge is 0.330 e. The third kappa shape index (κ3) is 3.11. The van der Waals surface area contributed by atoms with Crippen LogP contribution < -0.4 is 5.73 Å². The summed E-state index contributed by atoms with van der Waals surface area (Å²) in [6.45, 7) is 3.52. The van der Waals surface area contributed by atoms with Crippen molar-refractivity contribution in [3.05, 3.63) is 108 Å². The third-order valence-corrected chi connectivity index (χ3v) is 6.86. The Labute approximate surface area is 183 Å². The van der Waals surface area contributed by atoms with E-state index in [4.69, 9.17) is 5.73 Å². The molecule has 31 heavy (non-hydrogen) atoms. The van der Waals surface area contributed by atoms with Crippen LogP contribution in [-0.4, -0.2) is 18.0 Å². The number of fused-ring (bicyclic) bond motifs is 7. The Balaban J connectivity index is 1.57. The second kappa shape index (κ2) is 7.49. The van der Waals surface area contributed by atoms with E-state index in [9.17, 15) is 0 Å². The first-order chi connectivity index (χ1) is 15.3. The molecule has 1 aliphatic carbocycles. The van der Waals surface area contributed by atoms with Gasteiger partial charge in [-0.05, 0) is 49.4 Å². The standard InChI is InChI=1S/C29H26N2/c30-16-22-8-5-9-23(22)17-31-18-24-14-12-20-6-1-3-10-26(20)28(24)29-25(19-31)15-13-21-7-2-4-11-27(21)29/h1-15,22H,16-19,30H2. The Morgan fingerprint density at radius 3 is 1.90 bits per heavy atom. The van der Waals surface area contributed by atoms with Crippen molar-refractivity contribution in [3.63, 3.8) is 0 Å². The maximum absolute atomic E-state index is 6.03. The molecule has 2 aliphatic rings. The molecule has 0 bridgehead atoms. The number of allylic oxidation sites excluding steroid dienone is 2. The zero-order valence-corrected chi connectivity index (χ0v) is 17.6. The molecule has 0 spiro atoms. The number of nitrogens with two attached hydrogens (primary N) is 1. The molecule has 1 heterocycles. The maximum atomic E-state index is 6.03. The lowest BCUT2D eigenvalue weighted by Gasteiger charge is -2.24. The first kappa shape index (κ1) is 18.6. The van der Waals surface area contributed by atoms with Crippen molar-refractivity contribution in [2.45, 2.75) is 13.1 Å². The Hall–Kier alpha value is -3.20. The lowest BCUT2D eigenvalue weighted by atomic mass is 9.88. The van der Waals surface area contributed by atoms with Gasteiger partial charge in [-0.2, -0.15) is 0 Å². The highest BCUT2D eigenvalue weighted by molar-refractivity contribution is 6.08. The van der Waals surface area contributed by atoms with Crippen LogP contribution >= 0.6 is 0 Å². The number of nitrogens with zero attached hydrogens (tertiary/aromatic N) is 1. The van der Waals surface area contributed by atoms with Crippen molar-refractivity contribution in [1.82, 2.24) is 4.90 Å². The molecule has 0 aromatic heterocycles. The lowest BCUT2D eigenvalue weighted by molar-refractivity contribution is 0.277. The van der Waals surface area contributed by atoms with Gasteiger partial charge in [-0.25, -0.2) is 0 Å². The second-order valence-corrected chi connectivity index (χ2v) is 8.76. The summed E-state index contributed by atoms with van der Waals surface area (Å²) in [5.41, 5.74) is 13.1. The number of rotatable bonds is 3. The topological polar surface area (TPSA) is 29.3 Å². The molecule has 4 aromatic carbocycles. The highest BCUT2D eigenvalue weighted by atomic mass is 15.1. The zero-order valence-electron chi connectivity index (χ0n) is 17.6. The summed E-state index contributed by atoms with van der Waals surface area (Å²) in [5, 5.41) is 5.31. The van der Waals surface area contributed by atoms with Crippen LogP contribution in [0.4, 0.5) is 0 Å². The van der Waals surface area contributed by atoms with Crippen molar-refractivity contribution in [2.75, 3.05) is 13.1 Å². The molecule has 1 aliphatic heterocycles. The predicted molar refractivity (Wildman–Crippen MR) is 131 cm³/mol. The van der Waals surface area contributed by atoms with E-state index in [1.54, 1.807) is 0 Å². The lowest BCUT2D eigenvalue weighted by Crippen LogP contribution is -2.27. The van der Waals surface area contributed by atoms with Gasteiger partial charge in [0, 0.05) is 32.1 Å². The molecule has 1 atom stereocenters. The van der Waals surface area contributed by atoms with Crippen LogP contribution in [0.3, 0.4) is 0 Å². The van der Waals surface area contributed by atoms with Gasteiger partial charge in [-0.15, -0.1) is 0 Å². The van der Waals surface area contributed by atoms with Gasteiger partial charge in [0.05, 0.1) is 0 Å².